The summed E-state index contributed by atoms with van der Waals surface area (Å²) in [5.74, 6) is 0.174. The highest BCUT2D eigenvalue weighted by atomic mass is 35.5. The maximum Gasteiger partial charge on any atom is 0.227 e. The Morgan fingerprint density at radius 2 is 1.79 bits per heavy atom. The fourth-order valence-corrected chi connectivity index (χ4v) is 5.08. The number of piperidine rings is 1. The number of pyridine rings is 2. The molecule has 2 aromatic heterocycles. The van der Waals surface area contributed by atoms with E-state index in [2.05, 4.69) is 29.8 Å². The van der Waals surface area contributed by atoms with Gasteiger partial charge in [-0.15, -0.1) is 0 Å². The third kappa shape index (κ3) is 4.49. The lowest BCUT2D eigenvalue weighted by atomic mass is 9.88. The summed E-state index contributed by atoms with van der Waals surface area (Å²) in [7, 11) is 0. The van der Waals surface area contributed by atoms with Gasteiger partial charge in [0.15, 0.2) is 0 Å². The molecule has 3 aromatic rings. The summed E-state index contributed by atoms with van der Waals surface area (Å²) in [6.07, 6.45) is 11.2. The predicted octanol–water partition coefficient (Wildman–Crippen LogP) is 5.54. The van der Waals surface area contributed by atoms with Crippen molar-refractivity contribution in [3.8, 4) is 0 Å². The highest BCUT2D eigenvalue weighted by Gasteiger charge is 2.26. The van der Waals surface area contributed by atoms with Crippen molar-refractivity contribution in [3.63, 3.8) is 0 Å². The molecule has 2 aliphatic rings. The molecule has 0 N–H and O–H groups in total. The van der Waals surface area contributed by atoms with E-state index in [-0.39, 0.29) is 5.91 Å². The van der Waals surface area contributed by atoms with Crippen molar-refractivity contribution in [1.29, 1.82) is 0 Å². The number of amides is 1. The number of hydrogen-bond donors (Lipinski definition) is 0. The maximum absolute atomic E-state index is 12.9. The normalized spacial score (nSPS) is 15.5. The number of aryl methyl sites for hydroxylation is 2. The van der Waals surface area contributed by atoms with Crippen molar-refractivity contribution < 1.29 is 4.79 Å². The summed E-state index contributed by atoms with van der Waals surface area (Å²) in [5.41, 5.74) is 9.44. The van der Waals surface area contributed by atoms with Crippen molar-refractivity contribution in [3.05, 3.63) is 106 Å². The van der Waals surface area contributed by atoms with E-state index in [1.54, 1.807) is 12.4 Å². The van der Waals surface area contributed by atoms with Crippen LogP contribution in [0.25, 0.3) is 11.6 Å². The summed E-state index contributed by atoms with van der Waals surface area (Å²) >= 11 is 6.35. The second-order valence-corrected chi connectivity index (χ2v) is 9.11. The Kier molecular flexibility index (Phi) is 6.10. The minimum absolute atomic E-state index is 0.174. The van der Waals surface area contributed by atoms with Gasteiger partial charge in [-0.1, -0.05) is 35.9 Å². The number of fused-ring (bicyclic) bond motifs is 2. The first-order valence-electron chi connectivity index (χ1n) is 11.4. The molecule has 0 unspecified atom stereocenters. The van der Waals surface area contributed by atoms with Crippen LogP contribution >= 0.6 is 11.6 Å². The van der Waals surface area contributed by atoms with Gasteiger partial charge in [0.05, 0.1) is 12.1 Å². The van der Waals surface area contributed by atoms with E-state index in [1.807, 2.05) is 35.4 Å². The van der Waals surface area contributed by atoms with E-state index in [0.29, 0.717) is 6.42 Å². The monoisotopic (exact) mass is 455 g/mol. The van der Waals surface area contributed by atoms with Crippen molar-refractivity contribution in [2.24, 2.45) is 0 Å². The molecule has 33 heavy (non-hydrogen) atoms. The van der Waals surface area contributed by atoms with Crippen molar-refractivity contribution >= 4 is 29.2 Å². The smallest absolute Gasteiger partial charge is 0.227 e. The number of benzene rings is 1. The fraction of sp³-hybridized carbons (Fsp3) is 0.250. The van der Waals surface area contributed by atoms with Crippen LogP contribution in [0.4, 0.5) is 0 Å². The Labute approximate surface area is 199 Å². The molecule has 1 saturated heterocycles. The zero-order valence-corrected chi connectivity index (χ0v) is 19.3. The number of rotatable bonds is 3. The first-order valence-corrected chi connectivity index (χ1v) is 11.8. The first kappa shape index (κ1) is 21.6. The molecule has 0 radical (unpaired) electrons. The summed E-state index contributed by atoms with van der Waals surface area (Å²) in [5, 5.41) is 0.764. The Bertz CT molecular complexity index is 1240. The van der Waals surface area contributed by atoms with E-state index in [4.69, 9.17) is 16.6 Å². The summed E-state index contributed by atoms with van der Waals surface area (Å²) in [6, 6.07) is 12.2. The SMILES string of the molecule is C=Cc1cnc2c(c1)CCc1cc(Cl)ccc1C2=C1CCN(C(=O)Cc2ccncc2)CC1. The van der Waals surface area contributed by atoms with Gasteiger partial charge < -0.3 is 4.90 Å². The van der Waals surface area contributed by atoms with Crippen LogP contribution < -0.4 is 0 Å². The standard InChI is InChI=1S/C28H26ClN3O/c1-2-19-15-23-4-3-22-17-24(29)5-6-25(22)27(28(23)31-18-19)21-9-13-32(14-10-21)26(33)16-20-7-11-30-12-8-20/h2,5-8,11-12,15,17-18H,1,3-4,9-10,13-14,16H2. The van der Waals surface area contributed by atoms with Gasteiger partial charge in [0.1, 0.15) is 0 Å². The largest absolute Gasteiger partial charge is 0.342 e. The molecule has 3 heterocycles. The summed E-state index contributed by atoms with van der Waals surface area (Å²) in [4.78, 5) is 23.8. The molecule has 0 bridgehead atoms. The molecule has 4 nitrogen and oxygen atoms in total. The topological polar surface area (TPSA) is 46.1 Å². The average molecular weight is 456 g/mol. The number of nitrogens with zero attached hydrogens (tertiary/aromatic N) is 3. The molecule has 1 aliphatic carbocycles. The van der Waals surface area contributed by atoms with Gasteiger partial charge in [-0.3, -0.25) is 14.8 Å². The van der Waals surface area contributed by atoms with Crippen LogP contribution in [0.1, 0.15) is 46.4 Å². The zero-order chi connectivity index (χ0) is 22.8. The molecule has 1 fully saturated rings. The quantitative estimate of drug-likeness (QED) is 0.521. The molecular formula is C28H26ClN3O. The van der Waals surface area contributed by atoms with Crippen LogP contribution in [0.15, 0.2) is 67.1 Å². The van der Waals surface area contributed by atoms with Crippen LogP contribution in [-0.2, 0) is 24.1 Å². The van der Waals surface area contributed by atoms with E-state index >= 15 is 0 Å². The fourth-order valence-electron chi connectivity index (χ4n) is 4.89. The Morgan fingerprint density at radius 3 is 2.55 bits per heavy atom. The summed E-state index contributed by atoms with van der Waals surface area (Å²) in [6.45, 7) is 5.36. The maximum atomic E-state index is 12.9. The van der Waals surface area contributed by atoms with Crippen LogP contribution in [0.2, 0.25) is 5.02 Å². The minimum atomic E-state index is 0.174. The van der Waals surface area contributed by atoms with E-state index in [1.165, 1.54) is 27.8 Å². The highest BCUT2D eigenvalue weighted by molar-refractivity contribution is 6.30. The molecule has 166 valence electrons. The number of halogens is 1. The van der Waals surface area contributed by atoms with Gasteiger partial charge in [0, 0.05) is 42.3 Å². The van der Waals surface area contributed by atoms with Crippen LogP contribution in [0.5, 0.6) is 0 Å². The number of hydrogen-bond acceptors (Lipinski definition) is 3. The van der Waals surface area contributed by atoms with Gasteiger partial charge >= 0.3 is 0 Å². The molecule has 1 aromatic carbocycles. The Hall–Kier alpha value is -3.24. The molecular weight excluding hydrogens is 430 g/mol. The molecule has 1 amide bonds. The molecule has 5 heteroatoms. The molecule has 0 saturated carbocycles. The second-order valence-electron chi connectivity index (χ2n) is 8.67. The molecule has 1 aliphatic heterocycles. The lowest BCUT2D eigenvalue weighted by Crippen LogP contribution is -2.37. The van der Waals surface area contributed by atoms with E-state index < -0.39 is 0 Å². The van der Waals surface area contributed by atoms with E-state index in [0.717, 1.165) is 60.6 Å². The Morgan fingerprint density at radius 1 is 1.03 bits per heavy atom. The van der Waals surface area contributed by atoms with Crippen molar-refractivity contribution in [2.75, 3.05) is 13.1 Å². The summed E-state index contributed by atoms with van der Waals surface area (Å²) < 4.78 is 0. The third-order valence-electron chi connectivity index (χ3n) is 6.64. The predicted molar refractivity (Wildman–Crippen MR) is 133 cm³/mol. The number of carbonyl (C=O) groups is 1. The number of aromatic nitrogens is 2. The minimum Gasteiger partial charge on any atom is -0.342 e. The Balaban J connectivity index is 1.47. The number of likely N-dealkylation sites (tertiary alicyclic amines) is 1. The van der Waals surface area contributed by atoms with E-state index in [9.17, 15) is 4.79 Å². The van der Waals surface area contributed by atoms with Crippen LogP contribution in [0.3, 0.4) is 0 Å². The highest BCUT2D eigenvalue weighted by Crippen LogP contribution is 2.38. The van der Waals surface area contributed by atoms with Gasteiger partial charge in [0.2, 0.25) is 5.91 Å². The lowest BCUT2D eigenvalue weighted by molar-refractivity contribution is -0.130. The van der Waals surface area contributed by atoms with Gasteiger partial charge in [-0.05, 0) is 83.8 Å². The van der Waals surface area contributed by atoms with Gasteiger partial charge in [0.25, 0.3) is 0 Å². The molecule has 5 rings (SSSR count). The molecule has 0 spiro atoms. The van der Waals surface area contributed by atoms with Gasteiger partial charge in [-0.25, -0.2) is 0 Å². The van der Waals surface area contributed by atoms with Crippen molar-refractivity contribution in [2.45, 2.75) is 32.1 Å². The zero-order valence-electron chi connectivity index (χ0n) is 18.6. The lowest BCUT2D eigenvalue weighted by Gasteiger charge is -2.30. The number of carbonyl (C=O) groups excluding carboxylic acids is 1. The van der Waals surface area contributed by atoms with Crippen LogP contribution in [-0.4, -0.2) is 33.9 Å². The second kappa shape index (κ2) is 9.32. The molecule has 0 atom stereocenters. The average Bonchev–Trinajstić information content (AvgIpc) is 3.00. The van der Waals surface area contributed by atoms with Crippen molar-refractivity contribution in [1.82, 2.24) is 14.9 Å². The van der Waals surface area contributed by atoms with Crippen LogP contribution in [0, 0.1) is 0 Å². The van der Waals surface area contributed by atoms with Gasteiger partial charge in [-0.2, -0.15) is 0 Å². The first-order chi connectivity index (χ1) is 16.1. The third-order valence-corrected chi connectivity index (χ3v) is 6.87.